The second-order valence-electron chi connectivity index (χ2n) is 12.1. The van der Waals surface area contributed by atoms with Crippen LogP contribution >= 0.6 is 0 Å². The molecule has 2 atom stereocenters. The number of hydrazone groups is 1. The summed E-state index contributed by atoms with van der Waals surface area (Å²) in [7, 11) is 0. The van der Waals surface area contributed by atoms with Crippen LogP contribution in [-0.2, 0) is 16.0 Å². The minimum Gasteiger partial charge on any atom is -0.378 e. The van der Waals surface area contributed by atoms with Crippen molar-refractivity contribution < 1.29 is 19.2 Å². The maximum absolute atomic E-state index is 14.2. The number of carbonyl (C=O) groups excluding carboxylic acids is 1. The van der Waals surface area contributed by atoms with Crippen molar-refractivity contribution in [3.8, 4) is 0 Å². The van der Waals surface area contributed by atoms with Crippen molar-refractivity contribution in [1.29, 1.82) is 0 Å². The highest BCUT2D eigenvalue weighted by molar-refractivity contribution is 6.09. The molecule has 0 unspecified atom stereocenters. The average molecular weight is 626 g/mol. The molecule has 4 aliphatic rings. The summed E-state index contributed by atoms with van der Waals surface area (Å²) in [4.78, 5) is 30.2. The van der Waals surface area contributed by atoms with Crippen LogP contribution in [0.3, 0.4) is 0 Å². The van der Waals surface area contributed by atoms with Crippen molar-refractivity contribution in [3.63, 3.8) is 0 Å². The predicted octanol–water partition coefficient (Wildman–Crippen LogP) is 4.92. The second-order valence-corrected chi connectivity index (χ2v) is 12.1. The summed E-state index contributed by atoms with van der Waals surface area (Å²) < 4.78 is 12.5. The molecule has 4 heterocycles. The Hall–Kier alpha value is -4.55. The first-order valence-corrected chi connectivity index (χ1v) is 16.2. The molecule has 3 fully saturated rings. The Kier molecular flexibility index (Phi) is 8.55. The fourth-order valence-corrected chi connectivity index (χ4v) is 6.98. The number of aromatic nitrogens is 2. The SMILES string of the molecule is CCn1cc([N+](=O)[O-])c(C(=O)N2N=C3/C(=C/c4ccc(N5CCOCC5)cc4)CCC[C@H]3[C@@H]2c2ccc(N3CCOCC3)cc2)n1. The van der Waals surface area contributed by atoms with Gasteiger partial charge in [0.1, 0.15) is 6.20 Å². The molecular formula is C34H39N7O5. The monoisotopic (exact) mass is 625 g/mol. The summed E-state index contributed by atoms with van der Waals surface area (Å²) in [6.07, 6.45) is 6.15. The molecule has 1 aliphatic carbocycles. The van der Waals surface area contributed by atoms with E-state index in [1.165, 1.54) is 21.6 Å². The van der Waals surface area contributed by atoms with E-state index >= 15 is 0 Å². The van der Waals surface area contributed by atoms with Crippen molar-refractivity contribution >= 4 is 34.8 Å². The van der Waals surface area contributed by atoms with Gasteiger partial charge in [-0.3, -0.25) is 19.6 Å². The van der Waals surface area contributed by atoms with E-state index in [2.05, 4.69) is 69.5 Å². The minimum absolute atomic E-state index is 0.0434. The summed E-state index contributed by atoms with van der Waals surface area (Å²) in [5.41, 5.74) is 5.77. The van der Waals surface area contributed by atoms with Crippen LogP contribution in [-0.4, -0.2) is 83.9 Å². The van der Waals surface area contributed by atoms with Gasteiger partial charge in [-0.2, -0.15) is 10.2 Å². The van der Waals surface area contributed by atoms with E-state index < -0.39 is 16.9 Å². The van der Waals surface area contributed by atoms with Crippen LogP contribution in [0.1, 0.15) is 53.8 Å². The van der Waals surface area contributed by atoms with E-state index in [1.54, 1.807) is 0 Å². The van der Waals surface area contributed by atoms with Gasteiger partial charge in [-0.25, -0.2) is 5.01 Å². The van der Waals surface area contributed by atoms with E-state index in [0.717, 1.165) is 86.8 Å². The number of fused-ring (bicyclic) bond motifs is 1. The number of hydrogen-bond donors (Lipinski definition) is 0. The molecule has 1 amide bonds. The van der Waals surface area contributed by atoms with Gasteiger partial charge in [0.05, 0.1) is 43.1 Å². The molecule has 7 rings (SSSR count). The van der Waals surface area contributed by atoms with Crippen molar-refractivity contribution in [1.82, 2.24) is 14.8 Å². The van der Waals surface area contributed by atoms with Gasteiger partial charge < -0.3 is 19.3 Å². The second kappa shape index (κ2) is 13.1. The number of morpholine rings is 2. The van der Waals surface area contributed by atoms with Crippen LogP contribution in [0.4, 0.5) is 17.1 Å². The number of allylic oxidation sites excluding steroid dienone is 1. The molecule has 0 radical (unpaired) electrons. The molecule has 0 bridgehead atoms. The fraction of sp³-hybridized carbons (Fsp3) is 0.441. The number of benzene rings is 2. The van der Waals surface area contributed by atoms with Gasteiger partial charge >= 0.3 is 11.6 Å². The zero-order chi connectivity index (χ0) is 31.6. The number of ether oxygens (including phenoxy) is 2. The molecule has 12 heteroatoms. The maximum atomic E-state index is 14.2. The number of hydrogen-bond acceptors (Lipinski definition) is 9. The lowest BCUT2D eigenvalue weighted by atomic mass is 9.77. The number of aryl methyl sites for hydroxylation is 1. The quantitative estimate of drug-likeness (QED) is 0.268. The third-order valence-electron chi connectivity index (χ3n) is 9.40. The van der Waals surface area contributed by atoms with Crippen LogP contribution in [0.15, 0.2) is 65.4 Å². The Labute approximate surface area is 268 Å². The van der Waals surface area contributed by atoms with Crippen molar-refractivity contribution in [3.05, 3.63) is 87.2 Å². The van der Waals surface area contributed by atoms with Crippen LogP contribution in [0.5, 0.6) is 0 Å². The summed E-state index contributed by atoms with van der Waals surface area (Å²) in [6, 6.07) is 16.4. The number of carbonyl (C=O) groups is 1. The highest BCUT2D eigenvalue weighted by Gasteiger charge is 2.46. The molecule has 3 aliphatic heterocycles. The summed E-state index contributed by atoms with van der Waals surface area (Å²) in [5, 5.41) is 22.7. The van der Waals surface area contributed by atoms with Crippen LogP contribution in [0.2, 0.25) is 0 Å². The highest BCUT2D eigenvalue weighted by Crippen LogP contribution is 2.45. The molecular weight excluding hydrogens is 586 g/mol. The zero-order valence-electron chi connectivity index (χ0n) is 26.1. The lowest BCUT2D eigenvalue weighted by molar-refractivity contribution is -0.385. The summed E-state index contributed by atoms with van der Waals surface area (Å²) in [5.74, 6) is -0.601. The van der Waals surface area contributed by atoms with Gasteiger partial charge in [-0.15, -0.1) is 0 Å². The lowest BCUT2D eigenvalue weighted by Crippen LogP contribution is -2.36. The minimum atomic E-state index is -0.558. The first-order valence-electron chi connectivity index (χ1n) is 16.2. The van der Waals surface area contributed by atoms with E-state index in [9.17, 15) is 14.9 Å². The molecule has 12 nitrogen and oxygen atoms in total. The van der Waals surface area contributed by atoms with E-state index in [0.29, 0.717) is 19.8 Å². The molecule has 46 heavy (non-hydrogen) atoms. The van der Waals surface area contributed by atoms with Gasteiger partial charge in [0.2, 0.25) is 5.69 Å². The smallest absolute Gasteiger partial charge is 0.320 e. The number of nitro groups is 1. The van der Waals surface area contributed by atoms with E-state index in [4.69, 9.17) is 14.6 Å². The normalized spacial score (nSPS) is 22.6. The van der Waals surface area contributed by atoms with Crippen molar-refractivity contribution in [2.45, 2.75) is 38.8 Å². The van der Waals surface area contributed by atoms with Gasteiger partial charge in [0.15, 0.2) is 0 Å². The molecule has 240 valence electrons. The van der Waals surface area contributed by atoms with Crippen molar-refractivity contribution in [2.24, 2.45) is 11.0 Å². The molecule has 0 N–H and O–H groups in total. The Morgan fingerprint density at radius 2 is 1.57 bits per heavy atom. The first-order chi connectivity index (χ1) is 22.5. The molecule has 2 saturated heterocycles. The molecule has 2 aromatic carbocycles. The largest absolute Gasteiger partial charge is 0.378 e. The first kappa shape index (κ1) is 30.1. The lowest BCUT2D eigenvalue weighted by Gasteiger charge is -2.31. The fourth-order valence-electron chi connectivity index (χ4n) is 6.98. The van der Waals surface area contributed by atoms with E-state index in [-0.39, 0.29) is 17.3 Å². The van der Waals surface area contributed by atoms with Crippen LogP contribution < -0.4 is 9.80 Å². The van der Waals surface area contributed by atoms with Crippen LogP contribution in [0.25, 0.3) is 6.08 Å². The third-order valence-corrected chi connectivity index (χ3v) is 9.40. The van der Waals surface area contributed by atoms with Gasteiger partial charge in [0, 0.05) is 50.0 Å². The van der Waals surface area contributed by atoms with Gasteiger partial charge in [0.25, 0.3) is 0 Å². The number of nitrogens with zero attached hydrogens (tertiary/aromatic N) is 7. The summed E-state index contributed by atoms with van der Waals surface area (Å²) >= 11 is 0. The number of rotatable bonds is 7. The zero-order valence-corrected chi connectivity index (χ0v) is 26.1. The van der Waals surface area contributed by atoms with Gasteiger partial charge in [-0.1, -0.05) is 24.3 Å². The average Bonchev–Trinajstić information content (AvgIpc) is 3.73. The van der Waals surface area contributed by atoms with E-state index in [1.807, 2.05) is 6.92 Å². The molecule has 0 spiro atoms. The Morgan fingerprint density at radius 1 is 0.957 bits per heavy atom. The Morgan fingerprint density at radius 3 is 2.15 bits per heavy atom. The molecule has 3 aromatic rings. The topological polar surface area (TPSA) is 119 Å². The third kappa shape index (κ3) is 5.90. The highest BCUT2D eigenvalue weighted by atomic mass is 16.6. The van der Waals surface area contributed by atoms with Gasteiger partial charge in [-0.05, 0) is 73.2 Å². The van der Waals surface area contributed by atoms with Crippen LogP contribution in [0, 0.1) is 16.0 Å². The maximum Gasteiger partial charge on any atom is 0.320 e. The number of anilines is 2. The standard InChI is InChI=1S/C34H39N7O5/c1-2-39-23-30(41(43)44)32(35-39)34(42)40-33(25-8-12-28(13-9-25)38-16-20-46-21-17-38)29-5-3-4-26(31(29)36-40)22-24-6-10-27(11-7-24)37-14-18-45-19-15-37/h6-13,22-23,29,33H,2-5,14-21H2,1H3/b26-22+/t29-,33+/m1/s1. The Bertz CT molecular complexity index is 1640. The molecule has 1 saturated carbocycles. The predicted molar refractivity (Wildman–Crippen MR) is 175 cm³/mol. The van der Waals surface area contributed by atoms with Crippen molar-refractivity contribution in [2.75, 3.05) is 62.4 Å². The number of amides is 1. The Balaban J connectivity index is 1.23. The molecule has 1 aromatic heterocycles. The summed E-state index contributed by atoms with van der Waals surface area (Å²) in [6.45, 7) is 8.53.